The number of hydrogen-bond donors (Lipinski definition) is 8. The summed E-state index contributed by atoms with van der Waals surface area (Å²) in [7, 11) is 0. The highest BCUT2D eigenvalue weighted by Crippen LogP contribution is 2.21. The molecule has 16 heteroatoms. The number of likely N-dealkylation sites (tertiary alicyclic amines) is 1. The van der Waals surface area contributed by atoms with Crippen molar-refractivity contribution >= 4 is 54.1 Å². The fraction of sp³-hybridized carbons (Fsp3) is 0.731. The highest BCUT2D eigenvalue weighted by atomic mass is 32.1. The van der Waals surface area contributed by atoms with E-state index in [0.717, 1.165) is 0 Å². The van der Waals surface area contributed by atoms with Crippen LogP contribution in [-0.4, -0.2) is 105 Å². The van der Waals surface area contributed by atoms with E-state index in [0.29, 0.717) is 19.3 Å². The van der Waals surface area contributed by atoms with Crippen LogP contribution in [0.15, 0.2) is 0 Å². The Morgan fingerprint density at radius 2 is 1.48 bits per heavy atom. The third-order valence-electron chi connectivity index (χ3n) is 7.08. The predicted octanol–water partition coefficient (Wildman–Crippen LogP) is -1.54. The van der Waals surface area contributed by atoms with Gasteiger partial charge in [0.2, 0.25) is 29.5 Å². The Balaban J connectivity index is 3.16. The number of hydrogen-bond acceptors (Lipinski definition) is 9. The van der Waals surface area contributed by atoms with Crippen LogP contribution in [0.25, 0.3) is 0 Å². The molecule has 1 saturated heterocycles. The SMILES string of the molecule is CC[C@H](C)[C@H](NC(=O)[C@H](CC(=O)O)NC(=O)[C@H](C)N)C(=O)N[C@H](C(=O)N1CCC[C@H]1C(=O)N[C@@H](CS)C(=O)O)C(C)C. The molecule has 0 aromatic carbocycles. The maximum atomic E-state index is 13.6. The van der Waals surface area contributed by atoms with E-state index in [4.69, 9.17) is 5.73 Å². The van der Waals surface area contributed by atoms with Crippen LogP contribution in [0.1, 0.15) is 60.3 Å². The van der Waals surface area contributed by atoms with Crippen molar-refractivity contribution in [3.05, 3.63) is 0 Å². The zero-order valence-electron chi connectivity index (χ0n) is 24.6. The smallest absolute Gasteiger partial charge is 0.327 e. The van der Waals surface area contributed by atoms with Gasteiger partial charge in [-0.15, -0.1) is 0 Å². The van der Waals surface area contributed by atoms with Gasteiger partial charge < -0.3 is 42.1 Å². The van der Waals surface area contributed by atoms with Crippen molar-refractivity contribution in [2.24, 2.45) is 17.6 Å². The van der Waals surface area contributed by atoms with Gasteiger partial charge >= 0.3 is 11.9 Å². The van der Waals surface area contributed by atoms with E-state index in [-0.39, 0.29) is 12.3 Å². The molecule has 1 aliphatic rings. The summed E-state index contributed by atoms with van der Waals surface area (Å²) >= 11 is 3.94. The topological polar surface area (TPSA) is 237 Å². The molecule has 0 unspecified atom stereocenters. The first kappa shape index (κ1) is 36.6. The lowest BCUT2D eigenvalue weighted by Crippen LogP contribution is -2.61. The highest BCUT2D eigenvalue weighted by Gasteiger charge is 2.41. The lowest BCUT2D eigenvalue weighted by atomic mass is 9.95. The van der Waals surface area contributed by atoms with E-state index in [1.165, 1.54) is 11.8 Å². The average molecular weight is 617 g/mol. The molecule has 1 rings (SSSR count). The quantitative estimate of drug-likeness (QED) is 0.0930. The summed E-state index contributed by atoms with van der Waals surface area (Å²) in [5.74, 6) is -7.21. The number of rotatable bonds is 16. The number of carbonyl (C=O) groups excluding carboxylic acids is 5. The molecule has 238 valence electrons. The van der Waals surface area contributed by atoms with Crippen molar-refractivity contribution in [3.8, 4) is 0 Å². The van der Waals surface area contributed by atoms with Gasteiger partial charge in [-0.1, -0.05) is 34.1 Å². The number of nitrogens with zero attached hydrogens (tertiary/aromatic N) is 1. The fourth-order valence-corrected chi connectivity index (χ4v) is 4.58. The Morgan fingerprint density at radius 3 is 1.95 bits per heavy atom. The minimum absolute atomic E-state index is 0.141. The van der Waals surface area contributed by atoms with E-state index in [1.807, 2.05) is 0 Å². The molecule has 0 aromatic rings. The monoisotopic (exact) mass is 616 g/mol. The zero-order chi connectivity index (χ0) is 32.3. The largest absolute Gasteiger partial charge is 0.481 e. The third-order valence-corrected chi connectivity index (χ3v) is 7.45. The number of carboxylic acid groups (broad SMARTS) is 2. The van der Waals surface area contributed by atoms with Crippen LogP contribution in [-0.2, 0) is 33.6 Å². The summed E-state index contributed by atoms with van der Waals surface area (Å²) < 4.78 is 0. The summed E-state index contributed by atoms with van der Waals surface area (Å²) in [4.78, 5) is 89.0. The highest BCUT2D eigenvalue weighted by molar-refractivity contribution is 7.80. The Morgan fingerprint density at radius 1 is 0.881 bits per heavy atom. The van der Waals surface area contributed by atoms with Gasteiger partial charge in [0.25, 0.3) is 0 Å². The third kappa shape index (κ3) is 10.5. The van der Waals surface area contributed by atoms with Crippen LogP contribution >= 0.6 is 12.6 Å². The van der Waals surface area contributed by atoms with E-state index in [9.17, 15) is 43.8 Å². The number of amides is 5. The Hall–Kier alpha value is -3.40. The molecule has 15 nitrogen and oxygen atoms in total. The van der Waals surface area contributed by atoms with Crippen molar-refractivity contribution < 1.29 is 43.8 Å². The standard InChI is InChI=1S/C26H44N6O9S/c1-6-13(4)20(31-22(36)15(10-18(33)34)28-21(35)14(5)27)24(38)30-19(12(2)3)25(39)32-9-7-8-17(32)23(37)29-16(11-42)26(40)41/h12-17,19-20,42H,6-11,27H2,1-5H3,(H,28,35)(H,29,37)(H,30,38)(H,31,36)(H,33,34)(H,40,41)/t13-,14-,15-,16-,17-,19-,20-/m0/s1. The number of carbonyl (C=O) groups is 7. The lowest BCUT2D eigenvalue weighted by molar-refractivity contribution is -0.145. The molecule has 0 saturated carbocycles. The minimum atomic E-state index is -1.50. The van der Waals surface area contributed by atoms with Gasteiger partial charge in [-0.05, 0) is 31.6 Å². The van der Waals surface area contributed by atoms with Crippen molar-refractivity contribution in [2.45, 2.75) is 96.6 Å². The molecular weight excluding hydrogens is 572 g/mol. The molecule has 5 amide bonds. The molecule has 1 aliphatic heterocycles. The molecule has 8 N–H and O–H groups in total. The molecule has 1 heterocycles. The maximum absolute atomic E-state index is 13.6. The van der Waals surface area contributed by atoms with Crippen LogP contribution in [0, 0.1) is 11.8 Å². The van der Waals surface area contributed by atoms with Gasteiger partial charge in [0.15, 0.2) is 0 Å². The molecule has 0 spiro atoms. The lowest BCUT2D eigenvalue weighted by Gasteiger charge is -2.33. The number of nitrogens with one attached hydrogen (secondary N) is 4. The summed E-state index contributed by atoms with van der Waals surface area (Å²) in [6.07, 6.45) is 0.475. The van der Waals surface area contributed by atoms with Crippen LogP contribution in [0.3, 0.4) is 0 Å². The number of nitrogens with two attached hydrogens (primary N) is 1. The molecule has 1 fully saturated rings. The second kappa shape index (κ2) is 16.9. The van der Waals surface area contributed by atoms with Crippen molar-refractivity contribution in [1.82, 2.24) is 26.2 Å². The normalized spacial score (nSPS) is 19.0. The van der Waals surface area contributed by atoms with Gasteiger partial charge in [-0.2, -0.15) is 12.6 Å². The minimum Gasteiger partial charge on any atom is -0.481 e. The molecule has 7 atom stereocenters. The maximum Gasteiger partial charge on any atom is 0.327 e. The zero-order valence-corrected chi connectivity index (χ0v) is 25.5. The Kier molecular flexibility index (Phi) is 14.7. The second-order valence-electron chi connectivity index (χ2n) is 10.8. The first-order valence-electron chi connectivity index (χ1n) is 13.9. The van der Waals surface area contributed by atoms with E-state index >= 15 is 0 Å². The first-order chi connectivity index (χ1) is 19.5. The van der Waals surface area contributed by atoms with Crippen molar-refractivity contribution in [2.75, 3.05) is 12.3 Å². The summed E-state index contributed by atoms with van der Waals surface area (Å²) in [5.41, 5.74) is 5.52. The van der Waals surface area contributed by atoms with Gasteiger partial charge in [0.05, 0.1) is 12.5 Å². The van der Waals surface area contributed by atoms with Crippen molar-refractivity contribution in [1.29, 1.82) is 0 Å². The van der Waals surface area contributed by atoms with E-state index in [2.05, 4.69) is 33.9 Å². The molecule has 0 radical (unpaired) electrons. The van der Waals surface area contributed by atoms with E-state index < -0.39 is 96.0 Å². The molecule has 0 aliphatic carbocycles. The van der Waals surface area contributed by atoms with Crippen LogP contribution < -0.4 is 27.0 Å². The number of aliphatic carboxylic acids is 2. The van der Waals surface area contributed by atoms with Gasteiger partial charge in [-0.3, -0.25) is 28.8 Å². The second-order valence-corrected chi connectivity index (χ2v) is 11.2. The predicted molar refractivity (Wildman–Crippen MR) is 154 cm³/mol. The van der Waals surface area contributed by atoms with E-state index in [1.54, 1.807) is 27.7 Å². The average Bonchev–Trinajstić information content (AvgIpc) is 3.41. The van der Waals surface area contributed by atoms with Crippen LogP contribution in [0.4, 0.5) is 0 Å². The van der Waals surface area contributed by atoms with Gasteiger partial charge in [0, 0.05) is 12.3 Å². The fourth-order valence-electron chi connectivity index (χ4n) is 4.33. The van der Waals surface area contributed by atoms with Crippen LogP contribution in [0.2, 0.25) is 0 Å². The van der Waals surface area contributed by atoms with Gasteiger partial charge in [-0.25, -0.2) is 4.79 Å². The molecule has 0 aromatic heterocycles. The summed E-state index contributed by atoms with van der Waals surface area (Å²) in [6.45, 7) is 8.43. The molecule has 42 heavy (non-hydrogen) atoms. The number of carboxylic acids is 2. The summed E-state index contributed by atoms with van der Waals surface area (Å²) in [5, 5.41) is 28.3. The first-order valence-corrected chi connectivity index (χ1v) is 14.5. The molecular formula is C26H44N6O9S. The Bertz CT molecular complexity index is 1020. The molecule has 0 bridgehead atoms. The Labute approximate surface area is 250 Å². The van der Waals surface area contributed by atoms with Crippen molar-refractivity contribution in [3.63, 3.8) is 0 Å². The van der Waals surface area contributed by atoms with Gasteiger partial charge in [0.1, 0.15) is 30.2 Å². The number of thiol groups is 1. The van der Waals surface area contributed by atoms with Crippen LogP contribution in [0.5, 0.6) is 0 Å². The summed E-state index contributed by atoms with van der Waals surface area (Å²) in [6, 6.07) is -6.97.